The molecule has 5 nitrogen and oxygen atoms in total. The van der Waals surface area contributed by atoms with Gasteiger partial charge in [-0.1, -0.05) is 30.3 Å². The summed E-state index contributed by atoms with van der Waals surface area (Å²) in [5, 5.41) is 11.0. The first-order chi connectivity index (χ1) is 8.17. The highest BCUT2D eigenvalue weighted by atomic mass is 16.5. The van der Waals surface area contributed by atoms with Crippen LogP contribution in [0, 0.1) is 0 Å². The van der Waals surface area contributed by atoms with E-state index in [1.165, 1.54) is 7.11 Å². The zero-order chi connectivity index (χ0) is 12.7. The molecule has 0 aliphatic carbocycles. The zero-order valence-corrected chi connectivity index (χ0v) is 9.55. The van der Waals surface area contributed by atoms with E-state index in [2.05, 4.69) is 10.1 Å². The molecule has 0 fully saturated rings. The standard InChI is InChI=1S/C12H15NO4/c1-17-12(16)10(13-11(15)8-14)7-9-5-3-2-4-6-9/h2-6,10,14H,7-8H2,1H3,(H,13,15). The van der Waals surface area contributed by atoms with Gasteiger partial charge in [0.25, 0.3) is 0 Å². The molecule has 1 aromatic carbocycles. The minimum absolute atomic E-state index is 0.333. The predicted octanol–water partition coefficient (Wildman–Crippen LogP) is -0.121. The van der Waals surface area contributed by atoms with Crippen molar-refractivity contribution >= 4 is 11.9 Å². The third kappa shape index (κ3) is 4.24. The number of carbonyl (C=O) groups is 2. The summed E-state index contributed by atoms with van der Waals surface area (Å²) < 4.78 is 4.59. The molecule has 0 spiro atoms. The summed E-state index contributed by atoms with van der Waals surface area (Å²) in [6, 6.07) is 8.47. The highest BCUT2D eigenvalue weighted by Crippen LogP contribution is 2.04. The Kier molecular flexibility index (Phi) is 5.16. The van der Waals surface area contributed by atoms with E-state index in [0.29, 0.717) is 6.42 Å². The fourth-order valence-electron chi connectivity index (χ4n) is 1.43. The molecule has 1 amide bonds. The van der Waals surface area contributed by atoms with Crippen LogP contribution >= 0.6 is 0 Å². The van der Waals surface area contributed by atoms with Gasteiger partial charge in [-0.05, 0) is 5.56 Å². The molecule has 0 bridgehead atoms. The van der Waals surface area contributed by atoms with Crippen LogP contribution in [0.2, 0.25) is 0 Å². The SMILES string of the molecule is COC(=O)C(Cc1ccccc1)NC(=O)CO. The predicted molar refractivity (Wildman–Crippen MR) is 61.2 cm³/mol. The number of carbonyl (C=O) groups excluding carboxylic acids is 2. The van der Waals surface area contributed by atoms with E-state index < -0.39 is 24.5 Å². The Morgan fingerprint density at radius 3 is 2.53 bits per heavy atom. The van der Waals surface area contributed by atoms with Crippen LogP contribution in [0.4, 0.5) is 0 Å². The minimum atomic E-state index is -0.776. The molecule has 0 saturated carbocycles. The van der Waals surface area contributed by atoms with Crippen LogP contribution in [0.5, 0.6) is 0 Å². The van der Waals surface area contributed by atoms with Crippen molar-refractivity contribution in [2.75, 3.05) is 13.7 Å². The molecule has 0 radical (unpaired) electrons. The molecule has 2 N–H and O–H groups in total. The third-order valence-corrected chi connectivity index (χ3v) is 2.25. The van der Waals surface area contributed by atoms with Crippen molar-refractivity contribution in [3.05, 3.63) is 35.9 Å². The number of ether oxygens (including phenoxy) is 1. The first kappa shape index (κ1) is 13.2. The Hall–Kier alpha value is -1.88. The summed E-state index contributed by atoms with van der Waals surface area (Å²) in [6.45, 7) is -0.651. The molecule has 0 aromatic heterocycles. The molecule has 5 heteroatoms. The molecular weight excluding hydrogens is 222 g/mol. The van der Waals surface area contributed by atoms with Crippen molar-refractivity contribution in [3.8, 4) is 0 Å². The van der Waals surface area contributed by atoms with Gasteiger partial charge < -0.3 is 15.2 Å². The van der Waals surface area contributed by atoms with Crippen LogP contribution in [0.3, 0.4) is 0 Å². The fraction of sp³-hybridized carbons (Fsp3) is 0.333. The smallest absolute Gasteiger partial charge is 0.328 e. The highest BCUT2D eigenvalue weighted by Gasteiger charge is 2.21. The maximum Gasteiger partial charge on any atom is 0.328 e. The lowest BCUT2D eigenvalue weighted by Gasteiger charge is -2.15. The number of hydrogen-bond donors (Lipinski definition) is 2. The Labute approximate surface area is 99.4 Å². The number of rotatable bonds is 5. The van der Waals surface area contributed by atoms with E-state index in [4.69, 9.17) is 5.11 Å². The Balaban J connectivity index is 2.70. The lowest BCUT2D eigenvalue weighted by molar-refractivity contribution is -0.145. The summed E-state index contributed by atoms with van der Waals surface area (Å²) in [5.41, 5.74) is 0.904. The lowest BCUT2D eigenvalue weighted by Crippen LogP contribution is -2.44. The Morgan fingerprint density at radius 1 is 1.35 bits per heavy atom. The van der Waals surface area contributed by atoms with Gasteiger partial charge in [0.05, 0.1) is 7.11 Å². The van der Waals surface area contributed by atoms with Crippen LogP contribution in [0.1, 0.15) is 5.56 Å². The van der Waals surface area contributed by atoms with Gasteiger partial charge in [0.1, 0.15) is 12.6 Å². The molecule has 1 rings (SSSR count). The Bertz CT molecular complexity index is 377. The van der Waals surface area contributed by atoms with Crippen molar-refractivity contribution in [3.63, 3.8) is 0 Å². The van der Waals surface area contributed by atoms with E-state index in [0.717, 1.165) is 5.56 Å². The van der Waals surface area contributed by atoms with Crippen LogP contribution < -0.4 is 5.32 Å². The topological polar surface area (TPSA) is 75.6 Å². The number of esters is 1. The molecule has 1 aromatic rings. The first-order valence-electron chi connectivity index (χ1n) is 5.19. The highest BCUT2D eigenvalue weighted by molar-refractivity contribution is 5.85. The molecule has 0 aliphatic rings. The van der Waals surface area contributed by atoms with Crippen LogP contribution in [0.25, 0.3) is 0 Å². The first-order valence-corrected chi connectivity index (χ1v) is 5.19. The molecular formula is C12H15NO4. The van der Waals surface area contributed by atoms with E-state index in [1.54, 1.807) is 0 Å². The second kappa shape index (κ2) is 6.65. The summed E-state index contributed by atoms with van der Waals surface area (Å²) in [4.78, 5) is 22.5. The second-order valence-electron chi connectivity index (χ2n) is 3.49. The van der Waals surface area contributed by atoms with Crippen molar-refractivity contribution in [2.24, 2.45) is 0 Å². The van der Waals surface area contributed by atoms with Crippen LogP contribution in [-0.2, 0) is 20.7 Å². The normalized spacial score (nSPS) is 11.6. The van der Waals surface area contributed by atoms with E-state index >= 15 is 0 Å². The van der Waals surface area contributed by atoms with E-state index in [9.17, 15) is 9.59 Å². The van der Waals surface area contributed by atoms with Gasteiger partial charge in [-0.25, -0.2) is 4.79 Å². The van der Waals surface area contributed by atoms with Gasteiger partial charge >= 0.3 is 5.97 Å². The van der Waals surface area contributed by atoms with Crippen LogP contribution in [0.15, 0.2) is 30.3 Å². The molecule has 92 valence electrons. The number of amides is 1. The lowest BCUT2D eigenvalue weighted by atomic mass is 10.1. The fourth-order valence-corrected chi connectivity index (χ4v) is 1.43. The largest absolute Gasteiger partial charge is 0.467 e. The second-order valence-corrected chi connectivity index (χ2v) is 3.49. The number of aliphatic hydroxyl groups is 1. The minimum Gasteiger partial charge on any atom is -0.467 e. The number of nitrogens with one attached hydrogen (secondary N) is 1. The van der Waals surface area contributed by atoms with Gasteiger partial charge in [-0.2, -0.15) is 0 Å². The van der Waals surface area contributed by atoms with Gasteiger partial charge in [0, 0.05) is 6.42 Å². The molecule has 0 heterocycles. The summed E-state index contributed by atoms with van der Waals surface area (Å²) >= 11 is 0. The van der Waals surface area contributed by atoms with Gasteiger partial charge in [0.15, 0.2) is 0 Å². The van der Waals surface area contributed by atoms with Crippen molar-refractivity contribution in [1.82, 2.24) is 5.32 Å². The molecule has 1 atom stereocenters. The van der Waals surface area contributed by atoms with Crippen molar-refractivity contribution in [2.45, 2.75) is 12.5 Å². The van der Waals surface area contributed by atoms with E-state index in [-0.39, 0.29) is 0 Å². The van der Waals surface area contributed by atoms with Crippen LogP contribution in [-0.4, -0.2) is 36.7 Å². The summed E-state index contributed by atoms with van der Waals surface area (Å²) in [6.07, 6.45) is 0.333. The number of hydrogen-bond acceptors (Lipinski definition) is 4. The average molecular weight is 237 g/mol. The zero-order valence-electron chi connectivity index (χ0n) is 9.55. The molecule has 17 heavy (non-hydrogen) atoms. The van der Waals surface area contributed by atoms with Crippen molar-refractivity contribution < 1.29 is 19.4 Å². The number of aliphatic hydroxyl groups excluding tert-OH is 1. The van der Waals surface area contributed by atoms with Gasteiger partial charge in [-0.3, -0.25) is 4.79 Å². The summed E-state index contributed by atoms with van der Waals surface area (Å²) in [5.74, 6) is -1.13. The maximum atomic E-state index is 11.4. The quantitative estimate of drug-likeness (QED) is 0.700. The Morgan fingerprint density at radius 2 is 2.00 bits per heavy atom. The van der Waals surface area contributed by atoms with Gasteiger partial charge in [-0.15, -0.1) is 0 Å². The third-order valence-electron chi connectivity index (χ3n) is 2.25. The summed E-state index contributed by atoms with van der Waals surface area (Å²) in [7, 11) is 1.26. The van der Waals surface area contributed by atoms with E-state index in [1.807, 2.05) is 30.3 Å². The maximum absolute atomic E-state index is 11.4. The average Bonchev–Trinajstić information content (AvgIpc) is 2.38. The number of methoxy groups -OCH3 is 1. The number of benzene rings is 1. The molecule has 0 saturated heterocycles. The van der Waals surface area contributed by atoms with Gasteiger partial charge in [0.2, 0.25) is 5.91 Å². The monoisotopic (exact) mass is 237 g/mol. The molecule has 0 aliphatic heterocycles. The van der Waals surface area contributed by atoms with Crippen molar-refractivity contribution in [1.29, 1.82) is 0 Å². The molecule has 1 unspecified atom stereocenters.